The summed E-state index contributed by atoms with van der Waals surface area (Å²) in [6.07, 6.45) is 3.02. The first-order chi connectivity index (χ1) is 13.6. The molecular weight excluding hydrogens is 462 g/mol. The van der Waals surface area contributed by atoms with Crippen LogP contribution in [0.4, 0.5) is 0 Å². The maximum atomic E-state index is 13.3. The van der Waals surface area contributed by atoms with Crippen LogP contribution in [0, 0.1) is 0 Å². The van der Waals surface area contributed by atoms with Crippen LogP contribution >= 0.6 is 46.4 Å². The number of alkyl halides is 2. The van der Waals surface area contributed by atoms with Gasteiger partial charge >= 0.3 is 0 Å². The van der Waals surface area contributed by atoms with Crippen LogP contribution in [-0.2, 0) is 9.59 Å². The molecule has 0 fully saturated rings. The predicted molar refractivity (Wildman–Crippen MR) is 113 cm³/mol. The predicted octanol–water partition coefficient (Wildman–Crippen LogP) is 4.81. The number of methoxy groups -OCH3 is 2. The first kappa shape index (κ1) is 22.0. The number of ether oxygens (including phenoxy) is 2. The largest absolute Gasteiger partial charge is 0.507 e. The van der Waals surface area contributed by atoms with Crippen LogP contribution in [0.3, 0.4) is 0 Å². The van der Waals surface area contributed by atoms with Crippen LogP contribution < -0.4 is 9.47 Å². The number of Topliss-reactive ketones (excluding diaryl/α,β-unsaturated/α-hetero) is 2. The molecule has 9 heteroatoms. The van der Waals surface area contributed by atoms with Gasteiger partial charge < -0.3 is 14.6 Å². The molecule has 2 aliphatic rings. The number of rotatable bonds is 4. The summed E-state index contributed by atoms with van der Waals surface area (Å²) in [7, 11) is 2.80. The molecule has 1 aromatic rings. The maximum absolute atomic E-state index is 13.3. The van der Waals surface area contributed by atoms with Gasteiger partial charge in [0.1, 0.15) is 37.1 Å². The molecule has 1 N–H and O–H groups in total. The van der Waals surface area contributed by atoms with Crippen molar-refractivity contribution in [1.82, 2.24) is 0 Å². The van der Waals surface area contributed by atoms with Crippen molar-refractivity contribution < 1.29 is 24.2 Å². The minimum absolute atomic E-state index is 0.0832. The third kappa shape index (κ3) is 2.90. The highest BCUT2D eigenvalue weighted by Crippen LogP contribution is 2.61. The number of hydrogen-bond acceptors (Lipinski definition) is 5. The molecule has 0 saturated heterocycles. The summed E-state index contributed by atoms with van der Waals surface area (Å²) in [5.74, 6) is -2.47. The Morgan fingerprint density at radius 3 is 2.31 bits per heavy atom. The van der Waals surface area contributed by atoms with Gasteiger partial charge in [-0.25, -0.2) is 0 Å². The van der Waals surface area contributed by atoms with Crippen molar-refractivity contribution in [2.75, 3.05) is 14.2 Å². The lowest BCUT2D eigenvalue weighted by molar-refractivity contribution is -0.127. The zero-order chi connectivity index (χ0) is 21.7. The smallest absolute Gasteiger partial charge is 0.200 e. The first-order valence-electron chi connectivity index (χ1n) is 8.38. The van der Waals surface area contributed by atoms with Crippen molar-refractivity contribution >= 4 is 58.0 Å². The lowest BCUT2D eigenvalue weighted by Gasteiger charge is -2.50. The highest BCUT2D eigenvalue weighted by atomic mass is 35.5. The number of carbonyl (C=O) groups excluding carboxylic acids is 2. The fourth-order valence-electron chi connectivity index (χ4n) is 3.82. The molecule has 3 atom stereocenters. The number of ketones is 2. The Morgan fingerprint density at radius 2 is 1.76 bits per heavy atom. The van der Waals surface area contributed by atoms with Gasteiger partial charge in [-0.3, -0.25) is 9.59 Å². The minimum atomic E-state index is -2.08. The quantitative estimate of drug-likeness (QED) is 0.630. The van der Waals surface area contributed by atoms with Crippen LogP contribution in [0.25, 0.3) is 0 Å². The molecule has 0 heterocycles. The number of phenols is 1. The zero-order valence-corrected chi connectivity index (χ0v) is 18.4. The Morgan fingerprint density at radius 1 is 1.14 bits per heavy atom. The number of allylic oxidation sites excluding steroid dienone is 5. The Hall–Kier alpha value is -1.66. The average Bonchev–Trinajstić information content (AvgIpc) is 2.72. The summed E-state index contributed by atoms with van der Waals surface area (Å²) in [5, 5.41) is 9.79. The summed E-state index contributed by atoms with van der Waals surface area (Å²) in [6.45, 7) is 3.76. The second kappa shape index (κ2) is 7.55. The van der Waals surface area contributed by atoms with Crippen molar-refractivity contribution in [2.24, 2.45) is 0 Å². The van der Waals surface area contributed by atoms with Gasteiger partial charge in [-0.2, -0.15) is 0 Å². The monoisotopic (exact) mass is 476 g/mol. The first-order valence-corrected chi connectivity index (χ1v) is 9.89. The van der Waals surface area contributed by atoms with Crippen LogP contribution in [0.1, 0.15) is 17.9 Å². The molecule has 2 aliphatic carbocycles. The standard InChI is InChI=1S/C20H16Cl4O5/c1-4-9-5-6-19(23)17(26)15(21)16(22)18(27)20(19,24)14(9)13-11(25)7-10(28-2)8-12(13)29-3/h4-5,7-8,14,25H,1,6H2,2-3H3. The molecule has 0 amide bonds. The van der Waals surface area contributed by atoms with E-state index in [1.165, 1.54) is 32.4 Å². The topological polar surface area (TPSA) is 72.8 Å². The van der Waals surface area contributed by atoms with Crippen molar-refractivity contribution in [3.63, 3.8) is 0 Å². The Balaban J connectivity index is 2.40. The number of halogens is 4. The van der Waals surface area contributed by atoms with E-state index in [-0.39, 0.29) is 23.5 Å². The summed E-state index contributed by atoms with van der Waals surface area (Å²) in [6, 6.07) is 2.85. The van der Waals surface area contributed by atoms with E-state index in [0.717, 1.165) is 0 Å². The fourth-order valence-corrected chi connectivity index (χ4v) is 5.25. The van der Waals surface area contributed by atoms with Crippen LogP contribution in [0.15, 0.2) is 46.5 Å². The van der Waals surface area contributed by atoms with Crippen LogP contribution in [0.5, 0.6) is 17.2 Å². The third-order valence-electron chi connectivity index (χ3n) is 5.28. The van der Waals surface area contributed by atoms with Crippen molar-refractivity contribution in [3.05, 3.63) is 52.1 Å². The molecule has 3 unspecified atom stereocenters. The van der Waals surface area contributed by atoms with Gasteiger partial charge in [0.2, 0.25) is 0 Å². The Kier molecular flexibility index (Phi) is 5.73. The molecular formula is C20H16Cl4O5. The number of hydrogen-bond donors (Lipinski definition) is 1. The summed E-state index contributed by atoms with van der Waals surface area (Å²) >= 11 is 25.6. The molecule has 1 aromatic carbocycles. The molecule has 154 valence electrons. The van der Waals surface area contributed by atoms with Crippen molar-refractivity contribution in [3.8, 4) is 17.2 Å². The second-order valence-corrected chi connectivity index (χ2v) is 8.60. The lowest BCUT2D eigenvalue weighted by atomic mass is 9.62. The fraction of sp³-hybridized carbons (Fsp3) is 0.300. The van der Waals surface area contributed by atoms with Gasteiger partial charge in [-0.1, -0.05) is 41.9 Å². The lowest BCUT2D eigenvalue weighted by Crippen LogP contribution is -2.64. The number of carbonyl (C=O) groups is 2. The Labute approximate surface area is 187 Å². The Bertz CT molecular complexity index is 999. The van der Waals surface area contributed by atoms with Gasteiger partial charge in [-0.05, 0) is 12.0 Å². The molecule has 29 heavy (non-hydrogen) atoms. The molecule has 5 nitrogen and oxygen atoms in total. The summed E-state index contributed by atoms with van der Waals surface area (Å²) in [4.78, 5) is 22.2. The van der Waals surface area contributed by atoms with E-state index in [1.54, 1.807) is 6.08 Å². The van der Waals surface area contributed by atoms with Gasteiger partial charge in [0.05, 0.1) is 14.2 Å². The van der Waals surface area contributed by atoms with Crippen molar-refractivity contribution in [1.29, 1.82) is 0 Å². The second-order valence-electron chi connectivity index (χ2n) is 6.61. The molecule has 3 rings (SSSR count). The van der Waals surface area contributed by atoms with Gasteiger partial charge in [-0.15, -0.1) is 23.2 Å². The highest BCUT2D eigenvalue weighted by molar-refractivity contribution is 6.66. The number of fused-ring (bicyclic) bond motifs is 1. The summed E-state index contributed by atoms with van der Waals surface area (Å²) in [5.41, 5.74) is 0.612. The molecule has 0 radical (unpaired) electrons. The van der Waals surface area contributed by atoms with E-state index in [4.69, 9.17) is 55.9 Å². The average molecular weight is 478 g/mol. The van der Waals surface area contributed by atoms with E-state index < -0.39 is 37.3 Å². The molecule has 0 aromatic heterocycles. The van der Waals surface area contributed by atoms with Crippen molar-refractivity contribution in [2.45, 2.75) is 22.1 Å². The third-order valence-corrected chi connectivity index (χ3v) is 7.53. The normalized spacial score (nSPS) is 29.3. The molecule has 0 spiro atoms. The number of benzene rings is 1. The van der Waals surface area contributed by atoms with E-state index in [1.807, 2.05) is 0 Å². The van der Waals surface area contributed by atoms with Crippen LogP contribution in [0.2, 0.25) is 0 Å². The summed E-state index contributed by atoms with van der Waals surface area (Å²) < 4.78 is 10.6. The maximum Gasteiger partial charge on any atom is 0.200 e. The number of aromatic hydroxyl groups is 1. The van der Waals surface area contributed by atoms with Gasteiger partial charge in [0.15, 0.2) is 11.6 Å². The molecule has 0 saturated carbocycles. The molecule has 0 aliphatic heterocycles. The van der Waals surface area contributed by atoms with Gasteiger partial charge in [0, 0.05) is 23.6 Å². The van der Waals surface area contributed by atoms with Crippen LogP contribution in [-0.4, -0.2) is 40.6 Å². The van der Waals surface area contributed by atoms with E-state index in [0.29, 0.717) is 11.3 Å². The molecule has 0 bridgehead atoms. The van der Waals surface area contributed by atoms with E-state index in [9.17, 15) is 14.7 Å². The SMILES string of the molecule is C=CC1=CCC2(Cl)C(=O)C(Cl)=C(Cl)C(=O)C2(Cl)C1c1c(O)cc(OC)cc1OC. The number of phenolic OH excluding ortho intramolecular Hbond substituents is 1. The van der Waals surface area contributed by atoms with Gasteiger partial charge in [0.25, 0.3) is 0 Å². The zero-order valence-electron chi connectivity index (χ0n) is 15.4. The van der Waals surface area contributed by atoms with E-state index >= 15 is 0 Å². The minimum Gasteiger partial charge on any atom is -0.507 e. The highest BCUT2D eigenvalue weighted by Gasteiger charge is 2.69. The van der Waals surface area contributed by atoms with E-state index in [2.05, 4.69) is 6.58 Å².